The Morgan fingerprint density at radius 3 is 3.00 bits per heavy atom. The van der Waals surface area contributed by atoms with Gasteiger partial charge in [0, 0.05) is 29.7 Å². The largest absolute Gasteiger partial charge is 0.338 e. The van der Waals surface area contributed by atoms with Crippen LogP contribution in [0.1, 0.15) is 6.42 Å². The zero-order valence-corrected chi connectivity index (χ0v) is 13.2. The second-order valence-corrected chi connectivity index (χ2v) is 5.97. The molecule has 1 saturated heterocycles. The van der Waals surface area contributed by atoms with Crippen LogP contribution in [0.25, 0.3) is 11.4 Å². The number of nitrogens with one attached hydrogen (secondary N) is 2. The van der Waals surface area contributed by atoms with Gasteiger partial charge in [0.1, 0.15) is 0 Å². The van der Waals surface area contributed by atoms with Crippen molar-refractivity contribution >= 4 is 33.5 Å². The van der Waals surface area contributed by atoms with Crippen LogP contribution in [0.2, 0.25) is 5.02 Å². The van der Waals surface area contributed by atoms with E-state index in [9.17, 15) is 0 Å². The van der Waals surface area contributed by atoms with Crippen molar-refractivity contribution < 1.29 is 0 Å². The number of anilines is 1. The minimum absolute atomic E-state index is 0.666. The third-order valence-electron chi connectivity index (χ3n) is 3.29. The van der Waals surface area contributed by atoms with Crippen molar-refractivity contribution in [3.63, 3.8) is 0 Å². The molecule has 0 bridgehead atoms. The Labute approximate surface area is 130 Å². The number of aromatic amines is 1. The molecule has 2 heterocycles. The van der Waals surface area contributed by atoms with Gasteiger partial charge in [-0.25, -0.2) is 0 Å². The molecular weight excluding hydrogens is 342 g/mol. The maximum absolute atomic E-state index is 6.11. The highest BCUT2D eigenvalue weighted by Crippen LogP contribution is 2.27. The van der Waals surface area contributed by atoms with E-state index in [1.807, 2.05) is 18.2 Å². The summed E-state index contributed by atoms with van der Waals surface area (Å²) in [5.74, 6) is 1.49. The first-order valence-electron chi connectivity index (χ1n) is 6.57. The van der Waals surface area contributed by atoms with Gasteiger partial charge in [-0.15, -0.1) is 5.10 Å². The fourth-order valence-electron chi connectivity index (χ4n) is 2.21. The second kappa shape index (κ2) is 6.11. The van der Waals surface area contributed by atoms with Crippen LogP contribution in [0, 0.1) is 0 Å². The normalized spacial score (nSPS) is 16.2. The number of rotatable bonds is 2. The van der Waals surface area contributed by atoms with E-state index in [4.69, 9.17) is 11.6 Å². The molecule has 1 fully saturated rings. The summed E-state index contributed by atoms with van der Waals surface area (Å²) in [7, 11) is 0. The standard InChI is InChI=1S/C13H15BrClN5/c14-10-3-2-9(8-11(10)15)12-17-13(19-18-12)20-6-1-4-16-5-7-20/h2-3,8,16H,1,4-7H2,(H,17,18,19). The lowest BCUT2D eigenvalue weighted by molar-refractivity contribution is 0.724. The van der Waals surface area contributed by atoms with Gasteiger partial charge in [0.25, 0.3) is 0 Å². The van der Waals surface area contributed by atoms with Crippen molar-refractivity contribution in [2.45, 2.75) is 6.42 Å². The highest BCUT2D eigenvalue weighted by molar-refractivity contribution is 9.10. The van der Waals surface area contributed by atoms with E-state index >= 15 is 0 Å². The SMILES string of the molecule is Clc1cc(-c2nc(N3CCCNCC3)n[nH]2)ccc1Br. The van der Waals surface area contributed by atoms with Gasteiger partial charge in [0.05, 0.1) is 5.02 Å². The molecule has 2 aromatic rings. The third kappa shape index (κ3) is 2.97. The van der Waals surface area contributed by atoms with E-state index in [2.05, 4.69) is 41.3 Å². The fraction of sp³-hybridized carbons (Fsp3) is 0.385. The Hall–Kier alpha value is -1.11. The molecule has 7 heteroatoms. The van der Waals surface area contributed by atoms with E-state index in [0.717, 1.165) is 54.4 Å². The molecule has 5 nitrogen and oxygen atoms in total. The maximum Gasteiger partial charge on any atom is 0.245 e. The van der Waals surface area contributed by atoms with E-state index in [0.29, 0.717) is 5.02 Å². The molecule has 20 heavy (non-hydrogen) atoms. The van der Waals surface area contributed by atoms with E-state index in [1.54, 1.807) is 0 Å². The van der Waals surface area contributed by atoms with Crippen molar-refractivity contribution in [3.8, 4) is 11.4 Å². The van der Waals surface area contributed by atoms with Crippen molar-refractivity contribution in [3.05, 3.63) is 27.7 Å². The highest BCUT2D eigenvalue weighted by Gasteiger charge is 2.15. The van der Waals surface area contributed by atoms with E-state index < -0.39 is 0 Å². The van der Waals surface area contributed by atoms with Crippen molar-refractivity contribution in [1.29, 1.82) is 0 Å². The first-order valence-corrected chi connectivity index (χ1v) is 7.74. The quantitative estimate of drug-likeness (QED) is 0.868. The Morgan fingerprint density at radius 1 is 1.25 bits per heavy atom. The Morgan fingerprint density at radius 2 is 2.15 bits per heavy atom. The molecule has 0 aliphatic carbocycles. The smallest absolute Gasteiger partial charge is 0.245 e. The molecule has 0 unspecified atom stereocenters. The number of aromatic nitrogens is 3. The maximum atomic E-state index is 6.11. The average Bonchev–Trinajstić information content (AvgIpc) is 2.78. The van der Waals surface area contributed by atoms with Crippen molar-refractivity contribution in [2.24, 2.45) is 0 Å². The lowest BCUT2D eigenvalue weighted by Gasteiger charge is -2.16. The van der Waals surface area contributed by atoms with Crippen LogP contribution in [0.15, 0.2) is 22.7 Å². The summed E-state index contributed by atoms with van der Waals surface area (Å²) < 4.78 is 0.876. The topological polar surface area (TPSA) is 56.8 Å². The minimum atomic E-state index is 0.666. The lowest BCUT2D eigenvalue weighted by Crippen LogP contribution is -2.28. The molecule has 1 aromatic heterocycles. The van der Waals surface area contributed by atoms with Gasteiger partial charge in [-0.05, 0) is 47.1 Å². The summed E-state index contributed by atoms with van der Waals surface area (Å²) in [4.78, 5) is 6.77. The van der Waals surface area contributed by atoms with Gasteiger partial charge >= 0.3 is 0 Å². The second-order valence-electron chi connectivity index (χ2n) is 4.70. The summed E-state index contributed by atoms with van der Waals surface area (Å²) in [5.41, 5.74) is 0.935. The van der Waals surface area contributed by atoms with Crippen LogP contribution in [0.4, 0.5) is 5.95 Å². The monoisotopic (exact) mass is 355 g/mol. The summed E-state index contributed by atoms with van der Waals surface area (Å²) >= 11 is 9.50. The molecule has 0 atom stereocenters. The number of H-pyrrole nitrogens is 1. The molecule has 2 N–H and O–H groups in total. The molecule has 1 aliphatic rings. The zero-order valence-electron chi connectivity index (χ0n) is 10.9. The predicted octanol–water partition coefficient (Wildman–Crippen LogP) is 2.69. The van der Waals surface area contributed by atoms with Gasteiger partial charge in [0.15, 0.2) is 5.82 Å². The average molecular weight is 357 g/mol. The molecule has 1 aliphatic heterocycles. The predicted molar refractivity (Wildman–Crippen MR) is 84.2 cm³/mol. The molecule has 1 aromatic carbocycles. The van der Waals surface area contributed by atoms with Gasteiger partial charge < -0.3 is 10.2 Å². The van der Waals surface area contributed by atoms with Crippen molar-refractivity contribution in [1.82, 2.24) is 20.5 Å². The summed E-state index contributed by atoms with van der Waals surface area (Å²) in [6.45, 7) is 3.92. The van der Waals surface area contributed by atoms with Gasteiger partial charge in [-0.2, -0.15) is 4.98 Å². The molecule has 0 amide bonds. The molecule has 0 saturated carbocycles. The fourth-order valence-corrected chi connectivity index (χ4v) is 2.64. The summed E-state index contributed by atoms with van der Waals surface area (Å²) in [6.07, 6.45) is 1.11. The first kappa shape index (κ1) is 13.9. The van der Waals surface area contributed by atoms with E-state index in [-0.39, 0.29) is 0 Å². The zero-order chi connectivity index (χ0) is 13.9. The van der Waals surface area contributed by atoms with Gasteiger partial charge in [-0.3, -0.25) is 5.10 Å². The molecule has 3 rings (SSSR count). The van der Waals surface area contributed by atoms with Crippen LogP contribution >= 0.6 is 27.5 Å². The van der Waals surface area contributed by atoms with Crippen LogP contribution in [-0.4, -0.2) is 41.4 Å². The number of halogens is 2. The lowest BCUT2D eigenvalue weighted by atomic mass is 10.2. The Bertz CT molecular complexity index is 592. The van der Waals surface area contributed by atoms with Crippen LogP contribution in [0.5, 0.6) is 0 Å². The number of hydrogen-bond donors (Lipinski definition) is 2. The van der Waals surface area contributed by atoms with Crippen LogP contribution < -0.4 is 10.2 Å². The summed E-state index contributed by atoms with van der Waals surface area (Å²) in [5, 5.41) is 11.3. The number of benzene rings is 1. The Balaban J connectivity index is 1.83. The van der Waals surface area contributed by atoms with Crippen LogP contribution in [0.3, 0.4) is 0 Å². The van der Waals surface area contributed by atoms with Crippen molar-refractivity contribution in [2.75, 3.05) is 31.1 Å². The molecule has 106 valence electrons. The molecular formula is C13H15BrClN5. The van der Waals surface area contributed by atoms with Gasteiger partial charge in [-0.1, -0.05) is 11.6 Å². The number of nitrogens with zero attached hydrogens (tertiary/aromatic N) is 3. The van der Waals surface area contributed by atoms with Gasteiger partial charge in [0.2, 0.25) is 5.95 Å². The molecule has 0 radical (unpaired) electrons. The van der Waals surface area contributed by atoms with Crippen LogP contribution in [-0.2, 0) is 0 Å². The third-order valence-corrected chi connectivity index (χ3v) is 4.52. The Kier molecular flexibility index (Phi) is 4.24. The van der Waals surface area contributed by atoms with E-state index in [1.165, 1.54) is 0 Å². The molecule has 0 spiro atoms. The first-order chi connectivity index (χ1) is 9.74. The highest BCUT2D eigenvalue weighted by atomic mass is 79.9. The summed E-state index contributed by atoms with van der Waals surface area (Å²) in [6, 6.07) is 5.75. The number of hydrogen-bond acceptors (Lipinski definition) is 4. The minimum Gasteiger partial charge on any atom is -0.338 e.